The fourth-order valence-electron chi connectivity index (χ4n) is 1.72. The van der Waals surface area contributed by atoms with Crippen molar-refractivity contribution >= 4 is 29.2 Å². The second-order valence-corrected chi connectivity index (χ2v) is 5.22. The summed E-state index contributed by atoms with van der Waals surface area (Å²) in [6.45, 7) is 0. The molecule has 0 aliphatic rings. The molecule has 8 heteroatoms. The molecule has 0 radical (unpaired) electrons. The molecule has 120 valence electrons. The SMILES string of the molecule is COC(=O)c1cc(OC)ccc1OC(=O)c1cc(C(N)=O)cs1. The Hall–Kier alpha value is -2.87. The minimum atomic E-state index is -0.710. The Balaban J connectivity index is 2.29. The number of rotatable bonds is 5. The smallest absolute Gasteiger partial charge is 0.353 e. The first kappa shape index (κ1) is 16.5. The van der Waals surface area contributed by atoms with E-state index >= 15 is 0 Å². The van der Waals surface area contributed by atoms with Gasteiger partial charge in [0.1, 0.15) is 21.9 Å². The number of amides is 1. The predicted molar refractivity (Wildman–Crippen MR) is 82.1 cm³/mol. The summed E-state index contributed by atoms with van der Waals surface area (Å²) in [4.78, 5) is 35.1. The molecule has 0 fully saturated rings. The summed E-state index contributed by atoms with van der Waals surface area (Å²) in [5, 5.41) is 1.45. The minimum Gasteiger partial charge on any atom is -0.497 e. The highest BCUT2D eigenvalue weighted by Crippen LogP contribution is 2.26. The number of benzene rings is 1. The molecular weight excluding hydrogens is 322 g/mol. The Morgan fingerprint density at radius 2 is 1.83 bits per heavy atom. The second-order valence-electron chi connectivity index (χ2n) is 4.31. The molecule has 0 saturated heterocycles. The molecule has 0 spiro atoms. The highest BCUT2D eigenvalue weighted by atomic mass is 32.1. The highest BCUT2D eigenvalue weighted by Gasteiger charge is 2.19. The number of primary amides is 1. The van der Waals surface area contributed by atoms with Crippen LogP contribution >= 0.6 is 11.3 Å². The van der Waals surface area contributed by atoms with Gasteiger partial charge in [0.15, 0.2) is 0 Å². The summed E-state index contributed by atoms with van der Waals surface area (Å²) in [7, 11) is 2.66. The largest absolute Gasteiger partial charge is 0.497 e. The van der Waals surface area contributed by atoms with Gasteiger partial charge in [0.05, 0.1) is 19.8 Å². The Kier molecular flexibility index (Phi) is 4.97. The van der Waals surface area contributed by atoms with Crippen LogP contribution in [0.3, 0.4) is 0 Å². The van der Waals surface area contributed by atoms with Crippen LogP contribution in [0, 0.1) is 0 Å². The van der Waals surface area contributed by atoms with Gasteiger partial charge in [-0.05, 0) is 24.3 Å². The van der Waals surface area contributed by atoms with Crippen LogP contribution in [-0.2, 0) is 4.74 Å². The first-order chi connectivity index (χ1) is 11.0. The van der Waals surface area contributed by atoms with Gasteiger partial charge in [-0.2, -0.15) is 0 Å². The van der Waals surface area contributed by atoms with Gasteiger partial charge in [-0.3, -0.25) is 4.79 Å². The average Bonchev–Trinajstić information content (AvgIpc) is 3.04. The van der Waals surface area contributed by atoms with Crippen molar-refractivity contribution in [3.8, 4) is 11.5 Å². The quantitative estimate of drug-likeness (QED) is 0.660. The molecule has 2 N–H and O–H groups in total. The Morgan fingerprint density at radius 3 is 2.39 bits per heavy atom. The topological polar surface area (TPSA) is 105 Å². The van der Waals surface area contributed by atoms with Crippen LogP contribution in [-0.4, -0.2) is 32.1 Å². The third kappa shape index (κ3) is 3.67. The van der Waals surface area contributed by atoms with E-state index in [1.807, 2.05) is 0 Å². The fraction of sp³-hybridized carbons (Fsp3) is 0.133. The summed E-state index contributed by atoms with van der Waals surface area (Å²) in [6.07, 6.45) is 0. The van der Waals surface area contributed by atoms with Crippen LogP contribution in [0.25, 0.3) is 0 Å². The number of thiophene rings is 1. The number of methoxy groups -OCH3 is 2. The molecule has 1 aromatic carbocycles. The lowest BCUT2D eigenvalue weighted by atomic mass is 10.2. The van der Waals surface area contributed by atoms with Gasteiger partial charge in [0.2, 0.25) is 5.91 Å². The summed E-state index contributed by atoms with van der Waals surface area (Å²) < 4.78 is 14.9. The van der Waals surface area contributed by atoms with E-state index in [9.17, 15) is 14.4 Å². The molecule has 0 atom stereocenters. The molecule has 2 aromatic rings. The second kappa shape index (κ2) is 6.93. The van der Waals surface area contributed by atoms with Crippen molar-refractivity contribution in [2.24, 2.45) is 5.73 Å². The number of hydrogen-bond donors (Lipinski definition) is 1. The van der Waals surface area contributed by atoms with E-state index in [-0.39, 0.29) is 21.8 Å². The normalized spacial score (nSPS) is 10.0. The molecule has 7 nitrogen and oxygen atoms in total. The van der Waals surface area contributed by atoms with Crippen LogP contribution in [0.2, 0.25) is 0 Å². The van der Waals surface area contributed by atoms with Crippen molar-refractivity contribution in [2.75, 3.05) is 14.2 Å². The van der Waals surface area contributed by atoms with Gasteiger partial charge in [-0.1, -0.05) is 0 Å². The lowest BCUT2D eigenvalue weighted by molar-refractivity contribution is 0.0592. The average molecular weight is 335 g/mol. The molecule has 0 aliphatic heterocycles. The monoisotopic (exact) mass is 335 g/mol. The van der Waals surface area contributed by atoms with Crippen molar-refractivity contribution in [3.05, 3.63) is 45.6 Å². The van der Waals surface area contributed by atoms with Gasteiger partial charge in [-0.15, -0.1) is 11.3 Å². The summed E-state index contributed by atoms with van der Waals surface area (Å²) in [5.41, 5.74) is 5.40. The lowest BCUT2D eigenvalue weighted by Gasteiger charge is -2.09. The zero-order chi connectivity index (χ0) is 17.0. The molecule has 23 heavy (non-hydrogen) atoms. The fourth-order valence-corrected chi connectivity index (χ4v) is 2.49. The van der Waals surface area contributed by atoms with Crippen molar-refractivity contribution in [2.45, 2.75) is 0 Å². The van der Waals surface area contributed by atoms with Crippen LogP contribution in [0.15, 0.2) is 29.6 Å². The number of ether oxygens (including phenoxy) is 3. The number of carbonyl (C=O) groups is 3. The highest BCUT2D eigenvalue weighted by molar-refractivity contribution is 7.12. The number of nitrogens with two attached hydrogens (primary N) is 1. The molecule has 0 bridgehead atoms. The molecule has 2 rings (SSSR count). The maximum absolute atomic E-state index is 12.1. The molecule has 0 aliphatic carbocycles. The summed E-state index contributed by atoms with van der Waals surface area (Å²) in [6, 6.07) is 5.69. The van der Waals surface area contributed by atoms with Crippen molar-refractivity contribution in [1.29, 1.82) is 0 Å². The number of esters is 2. The van der Waals surface area contributed by atoms with Gasteiger partial charge in [0, 0.05) is 5.38 Å². The predicted octanol–water partition coefficient (Wildman–Crippen LogP) is 1.86. The van der Waals surface area contributed by atoms with Crippen LogP contribution in [0.5, 0.6) is 11.5 Å². The van der Waals surface area contributed by atoms with E-state index in [0.29, 0.717) is 5.75 Å². The molecule has 1 heterocycles. The Morgan fingerprint density at radius 1 is 1.09 bits per heavy atom. The Bertz CT molecular complexity index is 767. The molecule has 0 saturated carbocycles. The van der Waals surface area contributed by atoms with E-state index in [1.54, 1.807) is 0 Å². The summed E-state index contributed by atoms with van der Waals surface area (Å²) >= 11 is 1.02. The van der Waals surface area contributed by atoms with Crippen molar-refractivity contribution < 1.29 is 28.6 Å². The zero-order valence-electron chi connectivity index (χ0n) is 12.3. The maximum atomic E-state index is 12.1. The molecule has 1 aromatic heterocycles. The van der Waals surface area contributed by atoms with Crippen molar-refractivity contribution in [3.63, 3.8) is 0 Å². The zero-order valence-corrected chi connectivity index (χ0v) is 13.1. The number of carbonyl (C=O) groups excluding carboxylic acids is 3. The summed E-state index contributed by atoms with van der Waals surface area (Å²) in [5.74, 6) is -1.58. The standard InChI is InChI=1S/C15H13NO6S/c1-20-9-3-4-11(10(6-9)14(18)21-2)22-15(19)12-5-8(7-23-12)13(16)17/h3-7H,1-2H3,(H2,16,17). The van der Waals surface area contributed by atoms with E-state index in [4.69, 9.17) is 15.2 Å². The van der Waals surface area contributed by atoms with Gasteiger partial charge in [-0.25, -0.2) is 9.59 Å². The van der Waals surface area contributed by atoms with Gasteiger partial charge < -0.3 is 19.9 Å². The van der Waals surface area contributed by atoms with Crippen LogP contribution < -0.4 is 15.2 Å². The van der Waals surface area contributed by atoms with E-state index in [0.717, 1.165) is 11.3 Å². The minimum absolute atomic E-state index is 0.0247. The van der Waals surface area contributed by atoms with E-state index in [1.165, 1.54) is 43.9 Å². The van der Waals surface area contributed by atoms with E-state index < -0.39 is 17.8 Å². The van der Waals surface area contributed by atoms with Crippen molar-refractivity contribution in [1.82, 2.24) is 0 Å². The van der Waals surface area contributed by atoms with Crippen LogP contribution in [0.1, 0.15) is 30.4 Å². The third-order valence-electron chi connectivity index (χ3n) is 2.88. The van der Waals surface area contributed by atoms with Gasteiger partial charge >= 0.3 is 11.9 Å². The third-order valence-corrected chi connectivity index (χ3v) is 3.79. The van der Waals surface area contributed by atoms with Gasteiger partial charge in [0.25, 0.3) is 0 Å². The first-order valence-electron chi connectivity index (χ1n) is 6.33. The molecular formula is C15H13NO6S. The Labute approximate surface area is 135 Å². The first-order valence-corrected chi connectivity index (χ1v) is 7.21. The molecule has 1 amide bonds. The maximum Gasteiger partial charge on any atom is 0.353 e. The van der Waals surface area contributed by atoms with Crippen LogP contribution in [0.4, 0.5) is 0 Å². The lowest BCUT2D eigenvalue weighted by Crippen LogP contribution is -2.12. The number of hydrogen-bond acceptors (Lipinski definition) is 7. The molecule has 0 unspecified atom stereocenters. The van der Waals surface area contributed by atoms with E-state index in [2.05, 4.69) is 4.74 Å².